The molecule has 134 valence electrons. The molecule has 4 nitrogen and oxygen atoms in total. The molecule has 0 aliphatic rings. The molecule has 2 heterocycles. The Morgan fingerprint density at radius 2 is 1.92 bits per heavy atom. The lowest BCUT2D eigenvalue weighted by Crippen LogP contribution is -2.26. The molecule has 0 spiro atoms. The first-order valence-corrected chi connectivity index (χ1v) is 7.84. The molecule has 0 fully saturated rings. The largest absolute Gasteiger partial charge is 0.451 e. The van der Waals surface area contributed by atoms with Gasteiger partial charge in [0.1, 0.15) is 5.76 Å². The quantitative estimate of drug-likeness (QED) is 0.723. The molecule has 26 heavy (non-hydrogen) atoms. The molecule has 0 aliphatic heterocycles. The van der Waals surface area contributed by atoms with Crippen molar-refractivity contribution in [2.75, 3.05) is 0 Å². The van der Waals surface area contributed by atoms with E-state index in [9.17, 15) is 18.0 Å². The van der Waals surface area contributed by atoms with Crippen molar-refractivity contribution >= 4 is 5.91 Å². The first-order chi connectivity index (χ1) is 12.3. The number of amides is 1. The van der Waals surface area contributed by atoms with E-state index in [1.807, 2.05) is 6.07 Å². The van der Waals surface area contributed by atoms with Crippen LogP contribution in [0.15, 0.2) is 65.2 Å². The van der Waals surface area contributed by atoms with Gasteiger partial charge in [-0.3, -0.25) is 9.78 Å². The Labute approximate surface area is 147 Å². The van der Waals surface area contributed by atoms with Crippen molar-refractivity contribution in [1.82, 2.24) is 10.3 Å². The molecule has 2 aromatic heterocycles. The number of nitrogens with one attached hydrogen (secondary N) is 1. The van der Waals surface area contributed by atoms with Gasteiger partial charge < -0.3 is 9.73 Å². The molecule has 3 aromatic rings. The van der Waals surface area contributed by atoms with Crippen molar-refractivity contribution in [2.24, 2.45) is 0 Å². The number of pyridine rings is 1. The normalized spacial score (nSPS) is 12.6. The lowest BCUT2D eigenvalue weighted by Gasteiger charge is -2.12. The lowest BCUT2D eigenvalue weighted by molar-refractivity contribution is -0.137. The van der Waals surface area contributed by atoms with Crippen molar-refractivity contribution in [2.45, 2.75) is 19.1 Å². The third-order valence-electron chi connectivity index (χ3n) is 3.78. The molecule has 1 aromatic carbocycles. The minimum Gasteiger partial charge on any atom is -0.451 e. The molecule has 1 unspecified atom stereocenters. The molecule has 0 aliphatic carbocycles. The van der Waals surface area contributed by atoms with E-state index in [0.717, 1.165) is 12.1 Å². The van der Waals surface area contributed by atoms with Crippen molar-refractivity contribution in [3.63, 3.8) is 0 Å². The third-order valence-corrected chi connectivity index (χ3v) is 3.78. The number of hydrogen-bond donors (Lipinski definition) is 1. The number of nitrogens with zero attached hydrogens (tertiary/aromatic N) is 1. The molecule has 1 N–H and O–H groups in total. The smallest absolute Gasteiger partial charge is 0.416 e. The Kier molecular flexibility index (Phi) is 4.79. The van der Waals surface area contributed by atoms with Gasteiger partial charge in [-0.05, 0) is 43.3 Å². The number of carbonyl (C=O) groups is 1. The Morgan fingerprint density at radius 1 is 1.12 bits per heavy atom. The van der Waals surface area contributed by atoms with Crippen LogP contribution in [0.2, 0.25) is 0 Å². The Balaban J connectivity index is 1.76. The zero-order chi connectivity index (χ0) is 18.7. The highest BCUT2D eigenvalue weighted by atomic mass is 19.4. The van der Waals surface area contributed by atoms with E-state index in [1.54, 1.807) is 25.3 Å². The zero-order valence-corrected chi connectivity index (χ0v) is 13.7. The first-order valence-electron chi connectivity index (χ1n) is 7.84. The number of alkyl halides is 3. The molecule has 1 atom stereocenters. The summed E-state index contributed by atoms with van der Waals surface area (Å²) in [5.74, 6) is -0.270. The number of hydrogen-bond acceptors (Lipinski definition) is 3. The van der Waals surface area contributed by atoms with Crippen molar-refractivity contribution in [3.8, 4) is 11.3 Å². The zero-order valence-electron chi connectivity index (χ0n) is 13.7. The Hall–Kier alpha value is -3.09. The van der Waals surface area contributed by atoms with Crippen LogP contribution in [0.3, 0.4) is 0 Å². The van der Waals surface area contributed by atoms with Crippen LogP contribution in [0.25, 0.3) is 11.3 Å². The molecule has 7 heteroatoms. The highest BCUT2D eigenvalue weighted by Gasteiger charge is 2.30. The van der Waals surface area contributed by atoms with Gasteiger partial charge in [0.05, 0.1) is 17.3 Å². The van der Waals surface area contributed by atoms with Gasteiger partial charge in [-0.2, -0.15) is 13.2 Å². The van der Waals surface area contributed by atoms with Gasteiger partial charge in [0, 0.05) is 11.8 Å². The van der Waals surface area contributed by atoms with Gasteiger partial charge in [-0.25, -0.2) is 0 Å². The topological polar surface area (TPSA) is 55.1 Å². The third kappa shape index (κ3) is 3.93. The summed E-state index contributed by atoms with van der Waals surface area (Å²) in [7, 11) is 0. The van der Waals surface area contributed by atoms with Crippen LogP contribution in [0.5, 0.6) is 0 Å². The van der Waals surface area contributed by atoms with E-state index >= 15 is 0 Å². The average Bonchev–Trinajstić information content (AvgIpc) is 3.12. The Morgan fingerprint density at radius 3 is 2.62 bits per heavy atom. The molecular formula is C19H15F3N2O2. The van der Waals surface area contributed by atoms with Crippen LogP contribution in [0.1, 0.15) is 34.8 Å². The minimum absolute atomic E-state index is 0.0141. The van der Waals surface area contributed by atoms with E-state index in [4.69, 9.17) is 4.42 Å². The first kappa shape index (κ1) is 17.7. The summed E-state index contributed by atoms with van der Waals surface area (Å²) in [6.07, 6.45) is -2.82. The summed E-state index contributed by atoms with van der Waals surface area (Å²) in [6, 6.07) is 12.7. The van der Waals surface area contributed by atoms with Crippen LogP contribution >= 0.6 is 0 Å². The van der Waals surface area contributed by atoms with Crippen LogP contribution < -0.4 is 5.32 Å². The maximum absolute atomic E-state index is 12.8. The average molecular weight is 360 g/mol. The number of carbonyl (C=O) groups excluding carboxylic acids is 1. The number of rotatable bonds is 4. The van der Waals surface area contributed by atoms with Crippen LogP contribution in [0.4, 0.5) is 13.2 Å². The minimum atomic E-state index is -4.44. The molecule has 0 saturated heterocycles. The molecule has 0 radical (unpaired) electrons. The van der Waals surface area contributed by atoms with Crippen LogP contribution in [-0.2, 0) is 6.18 Å². The van der Waals surface area contributed by atoms with Crippen molar-refractivity contribution in [1.29, 1.82) is 0 Å². The SMILES string of the molecule is CC(NC(=O)c1ccc(-c2cccc(C(F)(F)F)c2)o1)c1ccccn1. The van der Waals surface area contributed by atoms with Crippen molar-refractivity contribution in [3.05, 3.63) is 77.8 Å². The van der Waals surface area contributed by atoms with Gasteiger partial charge >= 0.3 is 6.18 Å². The second-order valence-electron chi connectivity index (χ2n) is 5.69. The summed E-state index contributed by atoms with van der Waals surface area (Å²) < 4.78 is 43.9. The highest BCUT2D eigenvalue weighted by molar-refractivity contribution is 5.92. The summed E-state index contributed by atoms with van der Waals surface area (Å²) in [6.45, 7) is 1.77. The summed E-state index contributed by atoms with van der Waals surface area (Å²) >= 11 is 0. The predicted octanol–water partition coefficient (Wildman–Crippen LogP) is 4.85. The summed E-state index contributed by atoms with van der Waals surface area (Å²) in [5, 5.41) is 2.74. The fourth-order valence-electron chi connectivity index (χ4n) is 2.44. The van der Waals surface area contributed by atoms with Crippen molar-refractivity contribution < 1.29 is 22.4 Å². The molecule has 0 saturated carbocycles. The van der Waals surface area contributed by atoms with Gasteiger partial charge in [-0.1, -0.05) is 18.2 Å². The molecular weight excluding hydrogens is 345 g/mol. The van der Waals surface area contributed by atoms with Gasteiger partial charge in [0.15, 0.2) is 5.76 Å². The second-order valence-corrected chi connectivity index (χ2v) is 5.69. The van der Waals surface area contributed by atoms with E-state index in [0.29, 0.717) is 5.69 Å². The second kappa shape index (κ2) is 7.03. The van der Waals surface area contributed by atoms with E-state index in [-0.39, 0.29) is 23.1 Å². The number of furan rings is 1. The lowest BCUT2D eigenvalue weighted by atomic mass is 10.1. The van der Waals surface area contributed by atoms with E-state index in [1.165, 1.54) is 24.3 Å². The van der Waals surface area contributed by atoms with E-state index in [2.05, 4.69) is 10.3 Å². The number of benzene rings is 1. The highest BCUT2D eigenvalue weighted by Crippen LogP contribution is 2.32. The van der Waals surface area contributed by atoms with Crippen LogP contribution in [-0.4, -0.2) is 10.9 Å². The molecule has 0 bridgehead atoms. The summed E-state index contributed by atoms with van der Waals surface area (Å²) in [4.78, 5) is 16.4. The van der Waals surface area contributed by atoms with Gasteiger partial charge in [0.2, 0.25) is 0 Å². The maximum Gasteiger partial charge on any atom is 0.416 e. The van der Waals surface area contributed by atoms with Gasteiger partial charge in [-0.15, -0.1) is 0 Å². The summed E-state index contributed by atoms with van der Waals surface area (Å²) in [5.41, 5.74) is 0.156. The van der Waals surface area contributed by atoms with Gasteiger partial charge in [0.25, 0.3) is 5.91 Å². The predicted molar refractivity (Wildman–Crippen MR) is 89.3 cm³/mol. The fourth-order valence-corrected chi connectivity index (χ4v) is 2.44. The standard InChI is InChI=1S/C19H15F3N2O2/c1-12(15-7-2-3-10-23-15)24-18(25)17-9-8-16(26-17)13-5-4-6-14(11-13)19(20,21)22/h2-12H,1H3,(H,24,25). The maximum atomic E-state index is 12.8. The van der Waals surface area contributed by atoms with Crippen LogP contribution in [0, 0.1) is 0 Å². The molecule has 3 rings (SSSR count). The Bertz CT molecular complexity index is 904. The molecule has 1 amide bonds. The fraction of sp³-hybridized carbons (Fsp3) is 0.158. The number of aromatic nitrogens is 1. The number of halogens is 3. The monoisotopic (exact) mass is 360 g/mol. The van der Waals surface area contributed by atoms with E-state index < -0.39 is 17.6 Å².